The third kappa shape index (κ3) is 6.91. The molecule has 7 heteroatoms. The Morgan fingerprint density at radius 3 is 0.806 bits per heavy atom. The predicted molar refractivity (Wildman–Crippen MR) is 121 cm³/mol. The third-order valence-corrected chi connectivity index (χ3v) is 3.99. The zero-order valence-electron chi connectivity index (χ0n) is 19.7. The molecule has 2 aliphatic heterocycles. The Kier molecular flexibility index (Phi) is 16.8. The van der Waals surface area contributed by atoms with Gasteiger partial charge in [-0.05, 0) is 24.3 Å². The van der Waals surface area contributed by atoms with Crippen LogP contribution in [0.15, 0.2) is 48.5 Å². The van der Waals surface area contributed by atoms with E-state index in [9.17, 15) is 19.2 Å². The maximum Gasteiger partial charge on any atom is 0.261 e. The minimum atomic E-state index is -0.212. The molecule has 1 radical (unpaired) electrons. The van der Waals surface area contributed by atoms with Crippen LogP contribution < -0.4 is 0 Å². The Morgan fingerprint density at radius 1 is 0.484 bits per heavy atom. The van der Waals surface area contributed by atoms with E-state index in [-0.39, 0.29) is 71.2 Å². The number of nitrogens with zero attached hydrogens (tertiary/aromatic N) is 2. The van der Waals surface area contributed by atoms with Crippen LogP contribution in [0.25, 0.3) is 0 Å². The van der Waals surface area contributed by atoms with Crippen molar-refractivity contribution in [3.8, 4) is 0 Å². The van der Waals surface area contributed by atoms with Crippen molar-refractivity contribution in [1.82, 2.24) is 9.80 Å². The SMILES string of the molecule is CC.CC.CN1C(=O)c2ccccc2C1=O.CN1C(=O)c2ccccc2C1=O.[CH3-].[CH3-].[Y]. The van der Waals surface area contributed by atoms with Crippen molar-refractivity contribution in [2.75, 3.05) is 14.1 Å². The second-order valence-corrected chi connectivity index (χ2v) is 5.43. The van der Waals surface area contributed by atoms with Gasteiger partial charge in [0.15, 0.2) is 0 Å². The van der Waals surface area contributed by atoms with Gasteiger partial charge in [0, 0.05) is 46.8 Å². The fourth-order valence-corrected chi connectivity index (χ4v) is 2.62. The van der Waals surface area contributed by atoms with Gasteiger partial charge in [-0.15, -0.1) is 0 Å². The second-order valence-electron chi connectivity index (χ2n) is 5.43. The molecule has 0 saturated heterocycles. The van der Waals surface area contributed by atoms with E-state index < -0.39 is 0 Å². The fourth-order valence-electron chi connectivity index (χ4n) is 2.62. The molecule has 0 aromatic heterocycles. The molecule has 4 rings (SSSR count). The van der Waals surface area contributed by atoms with Gasteiger partial charge in [-0.2, -0.15) is 0 Å². The predicted octanol–water partition coefficient (Wildman–Crippen LogP) is 4.78. The summed E-state index contributed by atoms with van der Waals surface area (Å²) in [6.07, 6.45) is 0. The van der Waals surface area contributed by atoms with Crippen LogP contribution in [0, 0.1) is 14.9 Å². The Morgan fingerprint density at radius 2 is 0.645 bits per heavy atom. The van der Waals surface area contributed by atoms with Gasteiger partial charge >= 0.3 is 0 Å². The van der Waals surface area contributed by atoms with Crippen LogP contribution in [0.5, 0.6) is 0 Å². The van der Waals surface area contributed by atoms with Crippen molar-refractivity contribution < 1.29 is 51.9 Å². The number of benzene rings is 2. The van der Waals surface area contributed by atoms with Gasteiger partial charge in [0.1, 0.15) is 0 Å². The number of imide groups is 2. The summed E-state index contributed by atoms with van der Waals surface area (Å²) >= 11 is 0. The summed E-state index contributed by atoms with van der Waals surface area (Å²) in [7, 11) is 2.98. The molecule has 31 heavy (non-hydrogen) atoms. The molecule has 0 fully saturated rings. The Balaban J connectivity index is -0.000000402. The number of hydrogen-bond acceptors (Lipinski definition) is 4. The quantitative estimate of drug-likeness (QED) is 0.385. The van der Waals surface area contributed by atoms with Crippen molar-refractivity contribution >= 4 is 23.6 Å². The number of carbonyl (C=O) groups is 4. The molecule has 2 aliphatic rings. The number of fused-ring (bicyclic) bond motifs is 2. The molecule has 4 amide bonds. The van der Waals surface area contributed by atoms with Crippen LogP contribution in [0.2, 0.25) is 0 Å². The third-order valence-electron chi connectivity index (χ3n) is 3.99. The van der Waals surface area contributed by atoms with Gasteiger partial charge in [0.2, 0.25) is 0 Å². The van der Waals surface area contributed by atoms with E-state index in [0.29, 0.717) is 22.3 Å². The molecular formula is C24H32N2O4Y-2. The normalized spacial score (nSPS) is 12.2. The summed E-state index contributed by atoms with van der Waals surface area (Å²) in [4.78, 5) is 47.5. The minimum absolute atomic E-state index is 0. The maximum absolute atomic E-state index is 11.3. The smallest absolute Gasteiger partial charge is 0.261 e. The summed E-state index contributed by atoms with van der Waals surface area (Å²) in [6, 6.07) is 13.7. The molecule has 2 aromatic carbocycles. The van der Waals surface area contributed by atoms with E-state index in [1.54, 1.807) is 48.5 Å². The van der Waals surface area contributed by atoms with E-state index in [4.69, 9.17) is 0 Å². The van der Waals surface area contributed by atoms with Gasteiger partial charge in [-0.25, -0.2) is 0 Å². The zero-order valence-corrected chi connectivity index (χ0v) is 22.6. The van der Waals surface area contributed by atoms with Crippen molar-refractivity contribution in [3.63, 3.8) is 0 Å². The standard InChI is InChI=1S/2C9H7NO2.2C2H6.2CH3.Y/c2*1-10-8(11)6-4-2-3-5-7(6)9(10)12;2*1-2;;;/h2*2-5H,1H3;2*1-2H3;2*1H3;/q;;;;2*-1;. The van der Waals surface area contributed by atoms with Gasteiger partial charge in [-0.1, -0.05) is 52.0 Å². The summed E-state index contributed by atoms with van der Waals surface area (Å²) in [6.45, 7) is 8.00. The molecule has 0 spiro atoms. The first-order valence-electron chi connectivity index (χ1n) is 9.26. The van der Waals surface area contributed by atoms with Gasteiger partial charge in [-0.3, -0.25) is 29.0 Å². The van der Waals surface area contributed by atoms with Crippen molar-refractivity contribution in [1.29, 1.82) is 0 Å². The Labute approximate surface area is 211 Å². The number of amides is 4. The van der Waals surface area contributed by atoms with Crippen LogP contribution in [0.4, 0.5) is 0 Å². The molecule has 0 atom stereocenters. The molecule has 2 aromatic rings. The van der Waals surface area contributed by atoms with E-state index in [1.165, 1.54) is 14.1 Å². The first kappa shape index (κ1) is 33.5. The van der Waals surface area contributed by atoms with E-state index in [0.717, 1.165) is 9.80 Å². The monoisotopic (exact) mass is 501 g/mol. The number of rotatable bonds is 0. The van der Waals surface area contributed by atoms with E-state index >= 15 is 0 Å². The summed E-state index contributed by atoms with van der Waals surface area (Å²) in [5, 5.41) is 0. The van der Waals surface area contributed by atoms with Gasteiger partial charge in [0.05, 0.1) is 22.3 Å². The summed E-state index contributed by atoms with van der Waals surface area (Å²) < 4.78 is 0. The minimum Gasteiger partial charge on any atom is -0.358 e. The van der Waals surface area contributed by atoms with Gasteiger partial charge in [0.25, 0.3) is 23.6 Å². The molecule has 0 saturated carbocycles. The van der Waals surface area contributed by atoms with Crippen molar-refractivity contribution in [2.24, 2.45) is 0 Å². The number of hydrogen-bond donors (Lipinski definition) is 0. The molecule has 0 aliphatic carbocycles. The zero-order chi connectivity index (χ0) is 21.4. The molecule has 0 unspecified atom stereocenters. The second kappa shape index (κ2) is 15.6. The van der Waals surface area contributed by atoms with Crippen LogP contribution in [-0.2, 0) is 32.7 Å². The van der Waals surface area contributed by atoms with E-state index in [1.807, 2.05) is 27.7 Å². The number of carbonyl (C=O) groups excluding carboxylic acids is 4. The summed E-state index contributed by atoms with van der Waals surface area (Å²) in [5.74, 6) is -0.850. The van der Waals surface area contributed by atoms with Crippen LogP contribution in [-0.4, -0.2) is 47.5 Å². The van der Waals surface area contributed by atoms with Crippen LogP contribution >= 0.6 is 0 Å². The molecular weight excluding hydrogens is 469 g/mol. The largest absolute Gasteiger partial charge is 0.358 e. The maximum atomic E-state index is 11.3. The van der Waals surface area contributed by atoms with Gasteiger partial charge < -0.3 is 14.9 Å². The molecule has 0 bridgehead atoms. The average Bonchev–Trinajstić information content (AvgIpc) is 3.12. The van der Waals surface area contributed by atoms with Crippen molar-refractivity contribution in [3.05, 3.63) is 85.6 Å². The Hall–Kier alpha value is -2.18. The summed E-state index contributed by atoms with van der Waals surface area (Å²) in [5.41, 5.74) is 2.02. The topological polar surface area (TPSA) is 74.8 Å². The van der Waals surface area contributed by atoms with Crippen LogP contribution in [0.1, 0.15) is 69.1 Å². The fraction of sp³-hybridized carbons (Fsp3) is 0.250. The molecule has 167 valence electrons. The van der Waals surface area contributed by atoms with E-state index in [2.05, 4.69) is 0 Å². The Bertz CT molecular complexity index is 753. The molecule has 0 N–H and O–H groups in total. The molecule has 2 heterocycles. The first-order valence-corrected chi connectivity index (χ1v) is 9.26. The first-order chi connectivity index (χ1) is 13.4. The van der Waals surface area contributed by atoms with Crippen molar-refractivity contribution in [2.45, 2.75) is 27.7 Å². The van der Waals surface area contributed by atoms with Crippen LogP contribution in [0.3, 0.4) is 0 Å². The molecule has 6 nitrogen and oxygen atoms in total. The average molecular weight is 501 g/mol.